The van der Waals surface area contributed by atoms with Crippen LogP contribution in [-0.2, 0) is 12.0 Å². The number of aromatic nitrogens is 2. The first kappa shape index (κ1) is 16.1. The number of hydrogen-bond donors (Lipinski definition) is 1. The summed E-state index contributed by atoms with van der Waals surface area (Å²) in [5.74, 6) is 1.44. The predicted molar refractivity (Wildman–Crippen MR) is 76.8 cm³/mol. The van der Waals surface area contributed by atoms with E-state index in [9.17, 15) is 0 Å². The van der Waals surface area contributed by atoms with Crippen LogP contribution < -0.4 is 5.73 Å². The van der Waals surface area contributed by atoms with Gasteiger partial charge in [0.25, 0.3) is 0 Å². The average Bonchev–Trinajstić information content (AvgIpc) is 2.76. The number of hydrogen-bond acceptors (Lipinski definition) is 5. The quantitative estimate of drug-likeness (QED) is 0.856. The molecule has 0 aromatic carbocycles. The van der Waals surface area contributed by atoms with E-state index in [1.807, 2.05) is 0 Å². The highest BCUT2D eigenvalue weighted by Gasteiger charge is 2.23. The summed E-state index contributed by atoms with van der Waals surface area (Å²) >= 11 is 0. The zero-order valence-corrected chi connectivity index (χ0v) is 13.2. The molecule has 0 radical (unpaired) electrons. The fourth-order valence-corrected chi connectivity index (χ4v) is 1.76. The van der Waals surface area contributed by atoms with Crippen LogP contribution in [0, 0.1) is 5.41 Å². The fourth-order valence-electron chi connectivity index (χ4n) is 1.76. The third-order valence-corrected chi connectivity index (χ3v) is 3.15. The van der Waals surface area contributed by atoms with Crippen LogP contribution in [-0.4, -0.2) is 34.7 Å². The Labute approximate surface area is 116 Å². The molecule has 0 unspecified atom stereocenters. The zero-order chi connectivity index (χ0) is 14.7. The third-order valence-electron chi connectivity index (χ3n) is 3.15. The van der Waals surface area contributed by atoms with E-state index in [-0.39, 0.29) is 10.8 Å². The molecule has 0 amide bonds. The van der Waals surface area contributed by atoms with E-state index in [0.717, 1.165) is 18.9 Å². The predicted octanol–water partition coefficient (Wildman–Crippen LogP) is 2.17. The number of rotatable bonds is 6. The van der Waals surface area contributed by atoms with Gasteiger partial charge >= 0.3 is 0 Å². The monoisotopic (exact) mass is 268 g/mol. The lowest BCUT2D eigenvalue weighted by Gasteiger charge is -2.29. The van der Waals surface area contributed by atoms with Gasteiger partial charge in [-0.25, -0.2) is 0 Å². The van der Waals surface area contributed by atoms with Crippen LogP contribution in [0.3, 0.4) is 0 Å². The molecule has 0 aliphatic carbocycles. The number of nitrogens with two attached hydrogens (primary N) is 1. The highest BCUT2D eigenvalue weighted by molar-refractivity contribution is 4.99. The van der Waals surface area contributed by atoms with Gasteiger partial charge in [0.05, 0.1) is 6.54 Å². The molecular formula is C14H28N4O. The molecule has 0 aliphatic heterocycles. The van der Waals surface area contributed by atoms with E-state index < -0.39 is 0 Å². The second kappa shape index (κ2) is 6.01. The van der Waals surface area contributed by atoms with Crippen molar-refractivity contribution in [3.63, 3.8) is 0 Å². The molecule has 2 N–H and O–H groups in total. The topological polar surface area (TPSA) is 68.2 Å². The first-order valence-electron chi connectivity index (χ1n) is 6.93. The standard InChI is InChI=1S/C14H28N4O/c1-7-18(10-14(5,6)9-15)8-11-16-12(17-19-11)13(2,3)4/h7-10,15H2,1-6H3. The van der Waals surface area contributed by atoms with Crippen LogP contribution >= 0.6 is 0 Å². The van der Waals surface area contributed by atoms with Crippen molar-refractivity contribution in [1.82, 2.24) is 15.0 Å². The van der Waals surface area contributed by atoms with Crippen molar-refractivity contribution in [3.05, 3.63) is 11.7 Å². The third kappa shape index (κ3) is 4.91. The van der Waals surface area contributed by atoms with Crippen LogP contribution in [0.5, 0.6) is 0 Å². The summed E-state index contributed by atoms with van der Waals surface area (Å²) in [6.07, 6.45) is 0. The van der Waals surface area contributed by atoms with Gasteiger partial charge in [0.2, 0.25) is 5.89 Å². The van der Waals surface area contributed by atoms with Crippen molar-refractivity contribution in [2.45, 2.75) is 53.5 Å². The summed E-state index contributed by atoms with van der Waals surface area (Å²) in [4.78, 5) is 6.76. The van der Waals surface area contributed by atoms with E-state index in [2.05, 4.69) is 56.6 Å². The highest BCUT2D eigenvalue weighted by atomic mass is 16.5. The Morgan fingerprint density at radius 3 is 2.26 bits per heavy atom. The average molecular weight is 268 g/mol. The first-order chi connectivity index (χ1) is 8.68. The van der Waals surface area contributed by atoms with E-state index in [0.29, 0.717) is 19.0 Å². The van der Waals surface area contributed by atoms with Crippen LogP contribution in [0.4, 0.5) is 0 Å². The van der Waals surface area contributed by atoms with E-state index in [1.54, 1.807) is 0 Å². The molecule has 0 spiro atoms. The zero-order valence-electron chi connectivity index (χ0n) is 13.2. The van der Waals surface area contributed by atoms with Gasteiger partial charge in [-0.3, -0.25) is 4.90 Å². The maximum Gasteiger partial charge on any atom is 0.240 e. The summed E-state index contributed by atoms with van der Waals surface area (Å²) in [6.45, 7) is 15.9. The van der Waals surface area contributed by atoms with Crippen molar-refractivity contribution < 1.29 is 4.52 Å². The minimum Gasteiger partial charge on any atom is -0.338 e. The van der Waals surface area contributed by atoms with Gasteiger partial charge < -0.3 is 10.3 Å². The maximum absolute atomic E-state index is 5.79. The molecule has 19 heavy (non-hydrogen) atoms. The Kier molecular flexibility index (Phi) is 5.10. The van der Waals surface area contributed by atoms with Gasteiger partial charge in [-0.05, 0) is 18.5 Å². The van der Waals surface area contributed by atoms with Crippen molar-refractivity contribution in [2.75, 3.05) is 19.6 Å². The molecule has 1 aromatic rings. The van der Waals surface area contributed by atoms with Gasteiger partial charge in [-0.1, -0.05) is 46.7 Å². The Morgan fingerprint density at radius 2 is 1.84 bits per heavy atom. The maximum atomic E-state index is 5.79. The summed E-state index contributed by atoms with van der Waals surface area (Å²) in [5, 5.41) is 4.05. The van der Waals surface area contributed by atoms with Crippen molar-refractivity contribution >= 4 is 0 Å². The van der Waals surface area contributed by atoms with Crippen molar-refractivity contribution in [3.8, 4) is 0 Å². The second-order valence-corrected chi connectivity index (χ2v) is 6.93. The molecule has 5 nitrogen and oxygen atoms in total. The molecule has 0 saturated carbocycles. The second-order valence-electron chi connectivity index (χ2n) is 6.93. The first-order valence-corrected chi connectivity index (χ1v) is 6.93. The molecular weight excluding hydrogens is 240 g/mol. The van der Waals surface area contributed by atoms with Crippen molar-refractivity contribution in [2.24, 2.45) is 11.1 Å². The molecule has 0 fully saturated rings. The summed E-state index contributed by atoms with van der Waals surface area (Å²) in [5.41, 5.74) is 5.81. The molecule has 1 heterocycles. The molecule has 1 rings (SSSR count). The van der Waals surface area contributed by atoms with Gasteiger partial charge in [0.15, 0.2) is 5.82 Å². The van der Waals surface area contributed by atoms with Crippen LogP contribution in [0.15, 0.2) is 4.52 Å². The van der Waals surface area contributed by atoms with Gasteiger partial charge in [0.1, 0.15) is 0 Å². The van der Waals surface area contributed by atoms with Crippen LogP contribution in [0.25, 0.3) is 0 Å². The van der Waals surface area contributed by atoms with Crippen molar-refractivity contribution in [1.29, 1.82) is 0 Å². The summed E-state index contributed by atoms with van der Waals surface area (Å²) in [6, 6.07) is 0. The van der Waals surface area contributed by atoms with E-state index in [1.165, 1.54) is 0 Å². The largest absolute Gasteiger partial charge is 0.338 e. The molecule has 0 aliphatic rings. The Balaban J connectivity index is 2.69. The lowest BCUT2D eigenvalue weighted by atomic mass is 9.93. The Morgan fingerprint density at radius 1 is 1.21 bits per heavy atom. The highest BCUT2D eigenvalue weighted by Crippen LogP contribution is 2.20. The fraction of sp³-hybridized carbons (Fsp3) is 0.857. The van der Waals surface area contributed by atoms with Crippen LogP contribution in [0.2, 0.25) is 0 Å². The minimum atomic E-state index is -0.0741. The molecule has 0 atom stereocenters. The smallest absolute Gasteiger partial charge is 0.240 e. The summed E-state index contributed by atoms with van der Waals surface area (Å²) in [7, 11) is 0. The van der Waals surface area contributed by atoms with Gasteiger partial charge in [0, 0.05) is 12.0 Å². The van der Waals surface area contributed by atoms with E-state index >= 15 is 0 Å². The van der Waals surface area contributed by atoms with E-state index in [4.69, 9.17) is 10.3 Å². The normalized spacial score (nSPS) is 13.3. The minimum absolute atomic E-state index is 0.0741. The lowest BCUT2D eigenvalue weighted by molar-refractivity contribution is 0.165. The molecule has 0 saturated heterocycles. The molecule has 110 valence electrons. The SMILES string of the molecule is CCN(Cc1nc(C(C)(C)C)no1)CC(C)(C)CN. The Bertz CT molecular complexity index is 392. The molecule has 1 aromatic heterocycles. The lowest BCUT2D eigenvalue weighted by Crippen LogP contribution is -2.38. The van der Waals surface area contributed by atoms with Gasteiger partial charge in [-0.15, -0.1) is 0 Å². The van der Waals surface area contributed by atoms with Gasteiger partial charge in [-0.2, -0.15) is 4.98 Å². The summed E-state index contributed by atoms with van der Waals surface area (Å²) < 4.78 is 5.34. The van der Waals surface area contributed by atoms with Crippen LogP contribution in [0.1, 0.15) is 53.3 Å². The number of nitrogens with zero attached hydrogens (tertiary/aromatic N) is 3. The Hall–Kier alpha value is -0.940. The molecule has 0 bridgehead atoms. The molecule has 5 heteroatoms.